The molecule has 0 aliphatic carbocycles. The summed E-state index contributed by atoms with van der Waals surface area (Å²) < 4.78 is 7.26. The molecule has 2 heterocycles. The Kier molecular flexibility index (Phi) is 3.13. The fourth-order valence-electron chi connectivity index (χ4n) is 2.38. The number of nitrogens with zero attached hydrogens (tertiary/aromatic N) is 1. The van der Waals surface area contributed by atoms with Crippen molar-refractivity contribution in [3.05, 3.63) is 23.0 Å². The van der Waals surface area contributed by atoms with Gasteiger partial charge in [0.05, 0.1) is 6.04 Å². The first-order chi connectivity index (χ1) is 7.99. The first kappa shape index (κ1) is 12.0. The van der Waals surface area contributed by atoms with Crippen LogP contribution in [-0.4, -0.2) is 17.3 Å². The van der Waals surface area contributed by atoms with E-state index in [1.165, 1.54) is 17.0 Å². The topological polar surface area (TPSA) is 43.3 Å². The monoisotopic (exact) mass is 236 g/mol. The summed E-state index contributed by atoms with van der Waals surface area (Å²) in [6, 6.07) is 2.16. The van der Waals surface area contributed by atoms with Crippen LogP contribution < -0.4 is 5.32 Å². The van der Waals surface area contributed by atoms with Gasteiger partial charge in [-0.15, -0.1) is 0 Å². The number of nitrogens with one attached hydrogen (secondary N) is 1. The van der Waals surface area contributed by atoms with Crippen molar-refractivity contribution in [1.82, 2.24) is 9.88 Å². The number of ether oxygens (including phenoxy) is 1. The van der Waals surface area contributed by atoms with Gasteiger partial charge < -0.3 is 14.6 Å². The fraction of sp³-hybridized carbons (Fsp3) is 0.615. The van der Waals surface area contributed by atoms with Crippen molar-refractivity contribution >= 4 is 6.09 Å². The van der Waals surface area contributed by atoms with E-state index in [0.717, 1.165) is 6.54 Å². The third-order valence-electron chi connectivity index (χ3n) is 3.21. The van der Waals surface area contributed by atoms with E-state index in [4.69, 9.17) is 4.74 Å². The molecule has 94 valence electrons. The van der Waals surface area contributed by atoms with Gasteiger partial charge in [0.25, 0.3) is 0 Å². The lowest BCUT2D eigenvalue weighted by Crippen LogP contribution is -2.19. The lowest BCUT2D eigenvalue weighted by molar-refractivity contribution is 0.177. The molecule has 0 radical (unpaired) electrons. The second-order valence-corrected chi connectivity index (χ2v) is 5.13. The third-order valence-corrected chi connectivity index (χ3v) is 3.21. The van der Waals surface area contributed by atoms with E-state index < -0.39 is 0 Å². The average Bonchev–Trinajstić information content (AvgIpc) is 2.76. The molecule has 4 nitrogen and oxygen atoms in total. The maximum atomic E-state index is 11.1. The van der Waals surface area contributed by atoms with Gasteiger partial charge in [-0.2, -0.15) is 0 Å². The molecule has 0 saturated carbocycles. The molecular weight excluding hydrogens is 216 g/mol. The number of cyclic esters (lactones) is 1. The zero-order valence-electron chi connectivity index (χ0n) is 10.9. The van der Waals surface area contributed by atoms with Gasteiger partial charge in [0.15, 0.2) is 0 Å². The summed E-state index contributed by atoms with van der Waals surface area (Å²) in [7, 11) is 0. The third kappa shape index (κ3) is 2.30. The van der Waals surface area contributed by atoms with Crippen molar-refractivity contribution in [2.45, 2.75) is 40.3 Å². The summed E-state index contributed by atoms with van der Waals surface area (Å²) in [5.41, 5.74) is 3.65. The molecule has 1 N–H and O–H groups in total. The van der Waals surface area contributed by atoms with E-state index in [1.54, 1.807) is 0 Å². The van der Waals surface area contributed by atoms with Crippen LogP contribution in [0.3, 0.4) is 0 Å². The van der Waals surface area contributed by atoms with Crippen LogP contribution in [0.15, 0.2) is 6.07 Å². The van der Waals surface area contributed by atoms with Crippen LogP contribution in [0.2, 0.25) is 0 Å². The molecule has 0 aromatic carbocycles. The van der Waals surface area contributed by atoms with Crippen molar-refractivity contribution in [1.29, 1.82) is 0 Å². The summed E-state index contributed by atoms with van der Waals surface area (Å²) in [5, 5.41) is 2.83. The number of hydrogen-bond acceptors (Lipinski definition) is 2. The van der Waals surface area contributed by atoms with Crippen LogP contribution in [0.1, 0.15) is 36.8 Å². The van der Waals surface area contributed by atoms with Crippen molar-refractivity contribution in [2.24, 2.45) is 5.92 Å². The number of alkyl carbamates (subject to hydrolysis) is 1. The Balaban J connectivity index is 2.27. The number of carbonyl (C=O) groups is 1. The first-order valence-corrected chi connectivity index (χ1v) is 6.09. The molecular formula is C13H20N2O2. The van der Waals surface area contributed by atoms with Crippen LogP contribution in [-0.2, 0) is 11.3 Å². The Labute approximate surface area is 102 Å². The van der Waals surface area contributed by atoms with E-state index in [1.807, 2.05) is 0 Å². The molecule has 1 fully saturated rings. The van der Waals surface area contributed by atoms with Gasteiger partial charge in [-0.25, -0.2) is 4.79 Å². The average molecular weight is 236 g/mol. The Morgan fingerprint density at radius 1 is 1.53 bits per heavy atom. The molecule has 1 aromatic heterocycles. The van der Waals surface area contributed by atoms with Crippen LogP contribution in [0.5, 0.6) is 0 Å². The minimum Gasteiger partial charge on any atom is -0.447 e. The highest BCUT2D eigenvalue weighted by Gasteiger charge is 2.27. The summed E-state index contributed by atoms with van der Waals surface area (Å²) in [4.78, 5) is 11.1. The lowest BCUT2D eigenvalue weighted by Gasteiger charge is -2.13. The predicted molar refractivity (Wildman–Crippen MR) is 66.0 cm³/mol. The van der Waals surface area contributed by atoms with Gasteiger partial charge in [0, 0.05) is 17.9 Å². The van der Waals surface area contributed by atoms with E-state index in [9.17, 15) is 4.79 Å². The zero-order chi connectivity index (χ0) is 12.6. The molecule has 0 spiro atoms. The van der Waals surface area contributed by atoms with Gasteiger partial charge in [-0.1, -0.05) is 13.8 Å². The number of hydrogen-bond donors (Lipinski definition) is 1. The standard InChI is InChI=1S/C13H20N2O2/c1-8(2)6-15-9(3)5-11(10(15)4)12-7-17-13(16)14-12/h5,8,12H,6-7H2,1-4H3,(H,14,16). The van der Waals surface area contributed by atoms with Gasteiger partial charge in [-0.3, -0.25) is 0 Å². The molecule has 2 rings (SSSR count). The maximum Gasteiger partial charge on any atom is 0.407 e. The Hall–Kier alpha value is -1.45. The second kappa shape index (κ2) is 4.43. The second-order valence-electron chi connectivity index (χ2n) is 5.13. The number of amides is 1. The van der Waals surface area contributed by atoms with Crippen LogP contribution >= 0.6 is 0 Å². The highest BCUT2D eigenvalue weighted by molar-refractivity contribution is 5.70. The quantitative estimate of drug-likeness (QED) is 0.876. The van der Waals surface area contributed by atoms with Gasteiger partial charge in [0.1, 0.15) is 6.61 Å². The maximum absolute atomic E-state index is 11.1. The van der Waals surface area contributed by atoms with E-state index in [0.29, 0.717) is 12.5 Å². The van der Waals surface area contributed by atoms with Crippen LogP contribution in [0, 0.1) is 19.8 Å². The molecule has 1 saturated heterocycles. The Morgan fingerprint density at radius 2 is 2.24 bits per heavy atom. The summed E-state index contributed by atoms with van der Waals surface area (Å²) in [5.74, 6) is 0.613. The summed E-state index contributed by atoms with van der Waals surface area (Å²) in [6.45, 7) is 10.1. The molecule has 1 aliphatic rings. The minimum atomic E-state index is -0.316. The number of aromatic nitrogens is 1. The van der Waals surface area contributed by atoms with Crippen molar-refractivity contribution in [3.8, 4) is 0 Å². The molecule has 1 aliphatic heterocycles. The van der Waals surface area contributed by atoms with Crippen molar-refractivity contribution < 1.29 is 9.53 Å². The molecule has 4 heteroatoms. The SMILES string of the molecule is Cc1cc(C2COC(=O)N2)c(C)n1CC(C)C. The molecule has 0 bridgehead atoms. The molecule has 1 unspecified atom stereocenters. The molecule has 1 amide bonds. The fourth-order valence-corrected chi connectivity index (χ4v) is 2.38. The molecule has 17 heavy (non-hydrogen) atoms. The highest BCUT2D eigenvalue weighted by Crippen LogP contribution is 2.25. The van der Waals surface area contributed by atoms with Crippen molar-refractivity contribution in [2.75, 3.05) is 6.61 Å². The van der Waals surface area contributed by atoms with Gasteiger partial charge in [-0.05, 0) is 31.4 Å². The Morgan fingerprint density at radius 3 is 2.76 bits per heavy atom. The molecule has 1 aromatic rings. The highest BCUT2D eigenvalue weighted by atomic mass is 16.6. The first-order valence-electron chi connectivity index (χ1n) is 6.09. The van der Waals surface area contributed by atoms with Crippen LogP contribution in [0.4, 0.5) is 4.79 Å². The van der Waals surface area contributed by atoms with Crippen molar-refractivity contribution in [3.63, 3.8) is 0 Å². The minimum absolute atomic E-state index is 0.00890. The van der Waals surface area contributed by atoms with E-state index in [2.05, 4.69) is 43.6 Å². The van der Waals surface area contributed by atoms with E-state index in [-0.39, 0.29) is 12.1 Å². The number of rotatable bonds is 3. The summed E-state index contributed by atoms with van der Waals surface area (Å²) in [6.07, 6.45) is -0.316. The van der Waals surface area contributed by atoms with E-state index >= 15 is 0 Å². The van der Waals surface area contributed by atoms with Gasteiger partial charge in [0.2, 0.25) is 0 Å². The number of carbonyl (C=O) groups excluding carboxylic acids is 1. The smallest absolute Gasteiger partial charge is 0.407 e. The lowest BCUT2D eigenvalue weighted by atomic mass is 10.1. The Bertz CT molecular complexity index is 435. The molecule has 1 atom stereocenters. The zero-order valence-corrected chi connectivity index (χ0v) is 10.9. The number of aryl methyl sites for hydroxylation is 1. The predicted octanol–water partition coefficient (Wildman–Crippen LogP) is 2.54. The van der Waals surface area contributed by atoms with Gasteiger partial charge >= 0.3 is 6.09 Å². The van der Waals surface area contributed by atoms with Crippen LogP contribution in [0.25, 0.3) is 0 Å². The summed E-state index contributed by atoms with van der Waals surface area (Å²) >= 11 is 0. The largest absolute Gasteiger partial charge is 0.447 e. The normalized spacial score (nSPS) is 19.6.